The van der Waals surface area contributed by atoms with E-state index in [9.17, 15) is 4.79 Å². The first-order valence-electron chi connectivity index (χ1n) is 9.63. The van der Waals surface area contributed by atoms with Crippen LogP contribution < -0.4 is 5.73 Å². The molecule has 1 saturated carbocycles. The SMILES string of the molecule is COC(=O)[C@@]12C=CC[C@@H]1[C@@](CN)(CO[Si](C)(C)C(C)(C)C)CC[C@H]2OC. The van der Waals surface area contributed by atoms with E-state index in [0.29, 0.717) is 13.2 Å². The highest BCUT2D eigenvalue weighted by Crippen LogP contribution is 2.58. The Labute approximate surface area is 159 Å². The molecule has 0 amide bonds. The first-order chi connectivity index (χ1) is 12.0. The molecule has 1 fully saturated rings. The summed E-state index contributed by atoms with van der Waals surface area (Å²) < 4.78 is 17.6. The third kappa shape index (κ3) is 3.30. The van der Waals surface area contributed by atoms with Gasteiger partial charge in [0.15, 0.2) is 8.32 Å². The van der Waals surface area contributed by atoms with Crippen LogP contribution in [0, 0.1) is 16.7 Å². The normalized spacial score (nSPS) is 34.6. The van der Waals surface area contributed by atoms with Crippen LogP contribution in [0.1, 0.15) is 40.0 Å². The Hall–Kier alpha value is -0.693. The summed E-state index contributed by atoms with van der Waals surface area (Å²) in [6.07, 6.45) is 6.42. The van der Waals surface area contributed by atoms with E-state index in [1.54, 1.807) is 7.11 Å². The van der Waals surface area contributed by atoms with Gasteiger partial charge in [-0.25, -0.2) is 0 Å². The van der Waals surface area contributed by atoms with Crippen molar-refractivity contribution in [1.29, 1.82) is 0 Å². The number of ether oxygens (including phenoxy) is 2. The van der Waals surface area contributed by atoms with Crippen LogP contribution in [0.2, 0.25) is 18.1 Å². The number of hydrogen-bond donors (Lipinski definition) is 1. The third-order valence-corrected chi connectivity index (χ3v) is 11.8. The van der Waals surface area contributed by atoms with Gasteiger partial charge in [0.05, 0.1) is 13.2 Å². The Bertz CT molecular complexity index is 557. The molecular weight excluding hydrogens is 346 g/mol. The van der Waals surface area contributed by atoms with Crippen LogP contribution >= 0.6 is 0 Å². The quantitative estimate of drug-likeness (QED) is 0.432. The van der Waals surface area contributed by atoms with Gasteiger partial charge in [-0.2, -0.15) is 0 Å². The van der Waals surface area contributed by atoms with Crippen molar-refractivity contribution in [3.63, 3.8) is 0 Å². The number of allylic oxidation sites excluding steroid dienone is 1. The standard InChI is InChI=1S/C20H37NO4Si/c1-18(2,3)26(6,7)25-14-19(13-21)12-10-16(23-4)20(17(22)24-5)11-8-9-15(19)20/h8,11,15-16H,9-10,12-14,21H2,1-7H3/t15-,16-,19+,20+/m1/s1. The lowest BCUT2D eigenvalue weighted by Crippen LogP contribution is -2.60. The summed E-state index contributed by atoms with van der Waals surface area (Å²) in [6.45, 7) is 12.4. The Kier molecular flexibility index (Phi) is 6.13. The maximum Gasteiger partial charge on any atom is 0.318 e. The van der Waals surface area contributed by atoms with E-state index in [1.165, 1.54) is 7.11 Å². The van der Waals surface area contributed by atoms with E-state index >= 15 is 0 Å². The molecule has 0 spiro atoms. The van der Waals surface area contributed by atoms with Gasteiger partial charge in [-0.1, -0.05) is 32.9 Å². The Morgan fingerprint density at radius 2 is 1.96 bits per heavy atom. The van der Waals surface area contributed by atoms with Crippen molar-refractivity contribution >= 4 is 14.3 Å². The second-order valence-corrected chi connectivity index (χ2v) is 14.3. The zero-order chi connectivity index (χ0) is 19.8. The van der Waals surface area contributed by atoms with Crippen LogP contribution in [0.5, 0.6) is 0 Å². The smallest absolute Gasteiger partial charge is 0.318 e. The maximum atomic E-state index is 12.9. The number of rotatable bonds is 6. The molecule has 26 heavy (non-hydrogen) atoms. The summed E-state index contributed by atoms with van der Waals surface area (Å²) in [6, 6.07) is 0. The Morgan fingerprint density at radius 1 is 1.31 bits per heavy atom. The molecule has 0 radical (unpaired) electrons. The van der Waals surface area contributed by atoms with Gasteiger partial charge in [-0.05, 0) is 43.3 Å². The van der Waals surface area contributed by atoms with Crippen LogP contribution in [0.25, 0.3) is 0 Å². The molecule has 0 saturated heterocycles. The van der Waals surface area contributed by atoms with Gasteiger partial charge >= 0.3 is 5.97 Å². The van der Waals surface area contributed by atoms with Gasteiger partial charge in [-0.3, -0.25) is 4.79 Å². The van der Waals surface area contributed by atoms with Crippen molar-refractivity contribution in [2.24, 2.45) is 22.5 Å². The zero-order valence-corrected chi connectivity index (χ0v) is 18.6. The third-order valence-electron chi connectivity index (χ3n) is 7.28. The molecule has 2 N–H and O–H groups in total. The van der Waals surface area contributed by atoms with Gasteiger partial charge in [0.25, 0.3) is 0 Å². The molecule has 0 aromatic carbocycles. The molecule has 6 heteroatoms. The predicted octanol–water partition coefficient (Wildman–Crippen LogP) is 3.50. The first kappa shape index (κ1) is 21.6. The number of methoxy groups -OCH3 is 2. The minimum atomic E-state index is -1.90. The molecule has 0 unspecified atom stereocenters. The van der Waals surface area contributed by atoms with Gasteiger partial charge in [0.2, 0.25) is 0 Å². The van der Waals surface area contributed by atoms with Crippen molar-refractivity contribution in [3.8, 4) is 0 Å². The van der Waals surface area contributed by atoms with Crippen molar-refractivity contribution in [3.05, 3.63) is 12.2 Å². The summed E-state index contributed by atoms with van der Waals surface area (Å²) in [5.41, 5.74) is 5.35. The highest BCUT2D eigenvalue weighted by atomic mass is 28.4. The first-order valence-corrected chi connectivity index (χ1v) is 12.5. The molecule has 150 valence electrons. The van der Waals surface area contributed by atoms with Crippen molar-refractivity contribution < 1.29 is 18.7 Å². The highest BCUT2D eigenvalue weighted by molar-refractivity contribution is 6.74. The summed E-state index contributed by atoms with van der Waals surface area (Å²) in [7, 11) is 1.23. The molecule has 5 nitrogen and oxygen atoms in total. The average Bonchev–Trinajstić information content (AvgIpc) is 3.04. The molecule has 2 aliphatic rings. The van der Waals surface area contributed by atoms with Crippen LogP contribution in [0.15, 0.2) is 12.2 Å². The Balaban J connectivity index is 2.37. The van der Waals surface area contributed by atoms with E-state index in [0.717, 1.165) is 19.3 Å². The van der Waals surface area contributed by atoms with Crippen LogP contribution in [0.4, 0.5) is 0 Å². The van der Waals surface area contributed by atoms with E-state index < -0.39 is 13.7 Å². The summed E-state index contributed by atoms with van der Waals surface area (Å²) in [5, 5.41) is 0.139. The lowest BCUT2D eigenvalue weighted by atomic mass is 9.54. The topological polar surface area (TPSA) is 70.8 Å². The van der Waals surface area contributed by atoms with E-state index in [4.69, 9.17) is 19.6 Å². The number of hydrogen-bond acceptors (Lipinski definition) is 5. The summed E-state index contributed by atoms with van der Waals surface area (Å²) in [5.74, 6) is -0.163. The fourth-order valence-corrected chi connectivity index (χ4v) is 5.56. The van der Waals surface area contributed by atoms with Gasteiger partial charge in [0.1, 0.15) is 5.41 Å². The van der Waals surface area contributed by atoms with E-state index in [2.05, 4.69) is 39.9 Å². The second-order valence-electron chi connectivity index (χ2n) is 9.49. The number of esters is 1. The molecule has 0 heterocycles. The van der Waals surface area contributed by atoms with Crippen LogP contribution in [-0.4, -0.2) is 47.8 Å². The van der Waals surface area contributed by atoms with Gasteiger partial charge in [-0.15, -0.1) is 0 Å². The van der Waals surface area contributed by atoms with Crippen LogP contribution in [-0.2, 0) is 18.7 Å². The lowest BCUT2D eigenvalue weighted by molar-refractivity contribution is -0.177. The van der Waals surface area contributed by atoms with E-state index in [1.807, 2.05) is 6.08 Å². The molecular formula is C20H37NO4Si. The fourth-order valence-electron chi connectivity index (χ4n) is 4.48. The van der Waals surface area contributed by atoms with E-state index in [-0.39, 0.29) is 28.4 Å². The molecule has 2 aliphatic carbocycles. The van der Waals surface area contributed by atoms with Crippen molar-refractivity contribution in [1.82, 2.24) is 0 Å². The summed E-state index contributed by atoms with van der Waals surface area (Å²) >= 11 is 0. The average molecular weight is 384 g/mol. The van der Waals surface area contributed by atoms with Crippen LogP contribution in [0.3, 0.4) is 0 Å². The Morgan fingerprint density at radius 3 is 2.46 bits per heavy atom. The molecule has 0 aromatic heterocycles. The zero-order valence-electron chi connectivity index (χ0n) is 17.6. The molecule has 0 aliphatic heterocycles. The molecule has 0 bridgehead atoms. The number of carbonyl (C=O) groups is 1. The van der Waals surface area contributed by atoms with Crippen molar-refractivity contribution in [2.75, 3.05) is 27.4 Å². The minimum absolute atomic E-state index is 0.0518. The fraction of sp³-hybridized carbons (Fsp3) is 0.850. The molecule has 2 rings (SSSR count). The second kappa shape index (κ2) is 7.38. The number of fused-ring (bicyclic) bond motifs is 1. The number of nitrogens with two attached hydrogens (primary N) is 1. The largest absolute Gasteiger partial charge is 0.468 e. The molecule has 4 atom stereocenters. The molecule has 0 aromatic rings. The monoisotopic (exact) mass is 383 g/mol. The van der Waals surface area contributed by atoms with Crippen molar-refractivity contribution in [2.45, 2.75) is 64.3 Å². The maximum absolute atomic E-state index is 12.9. The highest BCUT2D eigenvalue weighted by Gasteiger charge is 2.63. The lowest BCUT2D eigenvalue weighted by Gasteiger charge is -2.54. The van der Waals surface area contributed by atoms with Gasteiger partial charge in [0, 0.05) is 25.7 Å². The number of carbonyl (C=O) groups excluding carboxylic acids is 1. The minimum Gasteiger partial charge on any atom is -0.468 e. The van der Waals surface area contributed by atoms with Gasteiger partial charge < -0.3 is 19.6 Å². The predicted molar refractivity (Wildman–Crippen MR) is 106 cm³/mol. The summed E-state index contributed by atoms with van der Waals surface area (Å²) in [4.78, 5) is 12.9.